The second-order valence-corrected chi connectivity index (χ2v) is 8.17. The first-order valence-corrected chi connectivity index (χ1v) is 10.6. The van der Waals surface area contributed by atoms with Crippen LogP contribution in [0.25, 0.3) is 0 Å². The Morgan fingerprint density at radius 3 is 2.57 bits per heavy atom. The molecule has 30 heavy (non-hydrogen) atoms. The van der Waals surface area contributed by atoms with Gasteiger partial charge in [0.15, 0.2) is 0 Å². The number of carbonyl (C=O) groups excluding carboxylic acids is 3. The van der Waals surface area contributed by atoms with Crippen LogP contribution in [0.4, 0.5) is 10.5 Å². The first kappa shape index (κ1) is 20.1. The van der Waals surface area contributed by atoms with E-state index in [1.54, 1.807) is 11.8 Å². The fourth-order valence-corrected chi connectivity index (χ4v) is 4.34. The second-order valence-electron chi connectivity index (χ2n) is 8.17. The molecule has 2 aromatic rings. The summed E-state index contributed by atoms with van der Waals surface area (Å²) in [6, 6.07) is 15.0. The molecule has 0 aliphatic carbocycles. The fourth-order valence-electron chi connectivity index (χ4n) is 4.34. The van der Waals surface area contributed by atoms with Gasteiger partial charge in [0.1, 0.15) is 12.1 Å². The van der Waals surface area contributed by atoms with Gasteiger partial charge in [-0.25, -0.2) is 4.79 Å². The monoisotopic (exact) mass is 405 g/mol. The van der Waals surface area contributed by atoms with Crippen LogP contribution in [0.15, 0.2) is 48.5 Å². The Bertz CT molecular complexity index is 985. The van der Waals surface area contributed by atoms with Crippen LogP contribution < -0.4 is 10.2 Å². The van der Waals surface area contributed by atoms with Crippen LogP contribution in [-0.4, -0.2) is 35.8 Å². The van der Waals surface area contributed by atoms with Crippen molar-refractivity contribution in [2.75, 3.05) is 18.0 Å². The van der Waals surface area contributed by atoms with Gasteiger partial charge in [-0.2, -0.15) is 0 Å². The van der Waals surface area contributed by atoms with Crippen LogP contribution in [0.2, 0.25) is 0 Å². The summed E-state index contributed by atoms with van der Waals surface area (Å²) in [6.07, 6.45) is 3.80. The fraction of sp³-hybridized carbons (Fsp3) is 0.375. The van der Waals surface area contributed by atoms with E-state index in [1.165, 1.54) is 5.56 Å². The third-order valence-electron chi connectivity index (χ3n) is 6.05. The first-order chi connectivity index (χ1) is 14.4. The van der Waals surface area contributed by atoms with Gasteiger partial charge >= 0.3 is 6.03 Å². The van der Waals surface area contributed by atoms with E-state index in [0.717, 1.165) is 47.4 Å². The zero-order valence-electron chi connectivity index (χ0n) is 17.5. The SMILES string of the molecule is CCCc1ccc(C2(C)NC(=O)N(CC(=O)N3CCCc4ccccc43)C2=O)cc1. The predicted molar refractivity (Wildman–Crippen MR) is 115 cm³/mol. The minimum atomic E-state index is -1.16. The lowest BCUT2D eigenvalue weighted by Gasteiger charge is -2.30. The smallest absolute Gasteiger partial charge is 0.319 e. The number of aryl methyl sites for hydroxylation is 2. The molecule has 156 valence electrons. The topological polar surface area (TPSA) is 69.7 Å². The molecule has 0 aromatic heterocycles. The van der Waals surface area contributed by atoms with Crippen molar-refractivity contribution in [3.05, 3.63) is 65.2 Å². The van der Waals surface area contributed by atoms with E-state index in [1.807, 2.05) is 48.5 Å². The van der Waals surface area contributed by atoms with E-state index in [2.05, 4.69) is 12.2 Å². The Labute approximate surface area is 176 Å². The molecular formula is C24H27N3O3. The van der Waals surface area contributed by atoms with Crippen LogP contribution in [-0.2, 0) is 28.0 Å². The standard InChI is InChI=1S/C24H27N3O3/c1-3-7-17-11-13-19(14-12-17)24(2)22(29)27(23(30)25-24)16-21(28)26-15-6-9-18-8-4-5-10-20(18)26/h4-5,8,10-14H,3,6-7,9,15-16H2,1-2H3,(H,25,30). The van der Waals surface area contributed by atoms with Crippen molar-refractivity contribution in [1.29, 1.82) is 0 Å². The molecule has 6 nitrogen and oxygen atoms in total. The highest BCUT2D eigenvalue weighted by atomic mass is 16.2. The molecule has 0 spiro atoms. The Kier molecular flexibility index (Phi) is 5.33. The summed E-state index contributed by atoms with van der Waals surface area (Å²) in [6.45, 7) is 4.15. The number of anilines is 1. The van der Waals surface area contributed by atoms with Gasteiger partial charge in [-0.15, -0.1) is 0 Å². The van der Waals surface area contributed by atoms with E-state index in [4.69, 9.17) is 0 Å². The Balaban J connectivity index is 1.53. The molecular weight excluding hydrogens is 378 g/mol. The molecule has 2 aliphatic heterocycles. The molecule has 1 atom stereocenters. The van der Waals surface area contributed by atoms with Gasteiger partial charge < -0.3 is 10.2 Å². The van der Waals surface area contributed by atoms with E-state index >= 15 is 0 Å². The lowest BCUT2D eigenvalue weighted by atomic mass is 9.91. The van der Waals surface area contributed by atoms with Crippen LogP contribution in [0.1, 0.15) is 43.4 Å². The van der Waals surface area contributed by atoms with Crippen molar-refractivity contribution in [3.8, 4) is 0 Å². The molecule has 1 saturated heterocycles. The molecule has 6 heteroatoms. The Hall–Kier alpha value is -3.15. The predicted octanol–water partition coefficient (Wildman–Crippen LogP) is 3.39. The summed E-state index contributed by atoms with van der Waals surface area (Å²) in [4.78, 5) is 41.6. The summed E-state index contributed by atoms with van der Waals surface area (Å²) in [5.74, 6) is -0.637. The minimum absolute atomic E-state index is 0.242. The van der Waals surface area contributed by atoms with Gasteiger partial charge in [0, 0.05) is 12.2 Å². The Morgan fingerprint density at radius 2 is 1.83 bits per heavy atom. The maximum Gasteiger partial charge on any atom is 0.325 e. The van der Waals surface area contributed by atoms with Crippen molar-refractivity contribution < 1.29 is 14.4 Å². The van der Waals surface area contributed by atoms with Crippen LogP contribution >= 0.6 is 0 Å². The number of benzene rings is 2. The van der Waals surface area contributed by atoms with E-state index in [0.29, 0.717) is 6.54 Å². The maximum atomic E-state index is 13.2. The highest BCUT2D eigenvalue weighted by Gasteiger charge is 2.49. The van der Waals surface area contributed by atoms with E-state index in [9.17, 15) is 14.4 Å². The van der Waals surface area contributed by atoms with Crippen LogP contribution in [0.3, 0.4) is 0 Å². The van der Waals surface area contributed by atoms with Gasteiger partial charge in [0.05, 0.1) is 0 Å². The van der Waals surface area contributed by atoms with Crippen molar-refractivity contribution in [1.82, 2.24) is 10.2 Å². The van der Waals surface area contributed by atoms with Gasteiger partial charge in [-0.3, -0.25) is 14.5 Å². The molecule has 0 saturated carbocycles. The average molecular weight is 405 g/mol. The zero-order valence-corrected chi connectivity index (χ0v) is 17.5. The molecule has 2 aromatic carbocycles. The molecule has 0 radical (unpaired) electrons. The van der Waals surface area contributed by atoms with Gasteiger partial charge in [-0.1, -0.05) is 55.8 Å². The number of urea groups is 1. The molecule has 2 aliphatic rings. The summed E-state index contributed by atoms with van der Waals surface area (Å²) in [7, 11) is 0. The molecule has 1 fully saturated rings. The van der Waals surface area contributed by atoms with Crippen molar-refractivity contribution >= 4 is 23.5 Å². The molecule has 4 amide bonds. The van der Waals surface area contributed by atoms with Crippen molar-refractivity contribution in [2.24, 2.45) is 0 Å². The summed E-state index contributed by atoms with van der Waals surface area (Å²) in [5, 5.41) is 2.79. The molecule has 1 N–H and O–H groups in total. The lowest BCUT2D eigenvalue weighted by molar-refractivity contribution is -0.134. The number of rotatable bonds is 5. The Morgan fingerprint density at radius 1 is 1.10 bits per heavy atom. The minimum Gasteiger partial charge on any atom is -0.319 e. The van der Waals surface area contributed by atoms with Crippen molar-refractivity contribution in [2.45, 2.75) is 45.1 Å². The number of amides is 4. The molecule has 0 bridgehead atoms. The number of nitrogens with one attached hydrogen (secondary N) is 1. The van der Waals surface area contributed by atoms with E-state index < -0.39 is 17.5 Å². The molecule has 2 heterocycles. The number of para-hydroxylation sites is 1. The number of imide groups is 1. The van der Waals surface area contributed by atoms with Gasteiger partial charge in [0.25, 0.3) is 5.91 Å². The third kappa shape index (κ3) is 3.47. The summed E-state index contributed by atoms with van der Waals surface area (Å²) >= 11 is 0. The lowest BCUT2D eigenvalue weighted by Crippen LogP contribution is -2.46. The number of fused-ring (bicyclic) bond motifs is 1. The first-order valence-electron chi connectivity index (χ1n) is 10.6. The number of nitrogens with zero attached hydrogens (tertiary/aromatic N) is 2. The van der Waals surface area contributed by atoms with E-state index in [-0.39, 0.29) is 12.5 Å². The quantitative estimate of drug-likeness (QED) is 0.776. The van der Waals surface area contributed by atoms with Gasteiger partial charge in [0.2, 0.25) is 5.91 Å². The summed E-state index contributed by atoms with van der Waals surface area (Å²) in [5.41, 5.74) is 2.74. The summed E-state index contributed by atoms with van der Waals surface area (Å²) < 4.78 is 0. The van der Waals surface area contributed by atoms with Crippen molar-refractivity contribution in [3.63, 3.8) is 0 Å². The van der Waals surface area contributed by atoms with Crippen LogP contribution in [0.5, 0.6) is 0 Å². The largest absolute Gasteiger partial charge is 0.325 e. The zero-order chi connectivity index (χ0) is 21.3. The second kappa shape index (κ2) is 7.94. The normalized spacial score (nSPS) is 20.9. The average Bonchev–Trinajstić information content (AvgIpc) is 2.98. The number of carbonyl (C=O) groups is 3. The number of hydrogen-bond acceptors (Lipinski definition) is 3. The molecule has 4 rings (SSSR count). The highest BCUT2D eigenvalue weighted by Crippen LogP contribution is 2.31. The highest BCUT2D eigenvalue weighted by molar-refractivity contribution is 6.10. The van der Waals surface area contributed by atoms with Crippen LogP contribution in [0, 0.1) is 0 Å². The number of hydrogen-bond donors (Lipinski definition) is 1. The maximum absolute atomic E-state index is 13.2. The van der Waals surface area contributed by atoms with Gasteiger partial charge in [-0.05, 0) is 48.9 Å². The third-order valence-corrected chi connectivity index (χ3v) is 6.05. The molecule has 1 unspecified atom stereocenters.